The highest BCUT2D eigenvalue weighted by Crippen LogP contribution is 1.96. The molecule has 0 aliphatic carbocycles. The average Bonchev–Trinajstić information content (AvgIpc) is 2.11. The number of allylic oxidation sites excluding steroid dienone is 1. The molecule has 0 spiro atoms. The van der Waals surface area contributed by atoms with Crippen molar-refractivity contribution in [3.63, 3.8) is 0 Å². The van der Waals surface area contributed by atoms with Gasteiger partial charge in [0.1, 0.15) is 12.4 Å². The molecule has 0 heterocycles. The molecule has 0 saturated carbocycles. The molecule has 0 fully saturated rings. The molecule has 4 nitrogen and oxygen atoms in total. The van der Waals surface area contributed by atoms with Gasteiger partial charge in [-0.25, -0.2) is 0 Å². The van der Waals surface area contributed by atoms with Crippen molar-refractivity contribution in [2.24, 2.45) is 0 Å². The third-order valence-electron chi connectivity index (χ3n) is 1.31. The summed E-state index contributed by atoms with van der Waals surface area (Å²) in [6.45, 7) is 2.94. The van der Waals surface area contributed by atoms with Crippen LogP contribution in [-0.2, 0) is 19.1 Å². The Bertz CT molecular complexity index is 247. The van der Waals surface area contributed by atoms with Crippen molar-refractivity contribution < 1.29 is 20.5 Å². The summed E-state index contributed by atoms with van der Waals surface area (Å²) in [5.41, 5.74) is 0. The Balaban J connectivity index is 3.65. The Morgan fingerprint density at radius 3 is 2.69 bits per heavy atom. The maximum Gasteiger partial charge on any atom is 0.293 e. The molecule has 0 atom stereocenters. The summed E-state index contributed by atoms with van der Waals surface area (Å²) >= 11 is 0. The molecular weight excluding hydrogens is 172 g/mol. The van der Waals surface area contributed by atoms with E-state index in [0.717, 1.165) is 0 Å². The lowest BCUT2D eigenvalue weighted by Gasteiger charge is -1.97. The average molecular weight is 185 g/mol. The van der Waals surface area contributed by atoms with Crippen molar-refractivity contribution in [2.75, 3.05) is 6.61 Å². The third kappa shape index (κ3) is 6.93. The van der Waals surface area contributed by atoms with Crippen LogP contribution in [0.4, 0.5) is 0 Å². The van der Waals surface area contributed by atoms with E-state index < -0.39 is 18.8 Å². The van der Waals surface area contributed by atoms with Gasteiger partial charge in [0.2, 0.25) is 0 Å². The molecule has 0 radical (unpaired) electrons. The molecular formula is C9H12O4. The number of hydrogen-bond acceptors (Lipinski definition) is 4. The Morgan fingerprint density at radius 2 is 2.15 bits per heavy atom. The number of carbonyl (C=O) groups excluding carboxylic acids is 3. The first-order valence-corrected chi connectivity index (χ1v) is 3.84. The molecule has 0 saturated heterocycles. The van der Waals surface area contributed by atoms with Gasteiger partial charge in [-0.2, -0.15) is 0 Å². The standard InChI is InChI=1S/C9H12O4/c1-2-3-4-8(11)5-9(12)6-13-7-10/h2,7H,1,3-6H2/i7D. The lowest BCUT2D eigenvalue weighted by atomic mass is 10.1. The molecule has 0 amide bonds. The van der Waals surface area contributed by atoms with Crippen LogP contribution in [0.1, 0.15) is 20.6 Å². The van der Waals surface area contributed by atoms with Crippen LogP contribution in [0.25, 0.3) is 0 Å². The summed E-state index contributed by atoms with van der Waals surface area (Å²) in [6.07, 6.45) is 0.874. The largest absolute Gasteiger partial charge is 0.460 e. The predicted molar refractivity (Wildman–Crippen MR) is 46.1 cm³/mol. The number of carbonyl (C=O) groups is 3. The first kappa shape index (κ1) is 9.64. The molecule has 0 aromatic heterocycles. The van der Waals surface area contributed by atoms with Gasteiger partial charge in [0, 0.05) is 6.42 Å². The van der Waals surface area contributed by atoms with Crippen molar-refractivity contribution in [3.8, 4) is 0 Å². The molecule has 0 unspecified atom stereocenters. The van der Waals surface area contributed by atoms with Gasteiger partial charge in [-0.05, 0) is 6.42 Å². The molecule has 13 heavy (non-hydrogen) atoms. The Kier molecular flexibility index (Phi) is 5.35. The SMILES string of the molecule is [2H]C(=O)OCC(=O)CC(=O)CCC=C. The van der Waals surface area contributed by atoms with Crippen molar-refractivity contribution in [1.29, 1.82) is 0 Å². The smallest absolute Gasteiger partial charge is 0.293 e. The number of ether oxygens (including phenoxy) is 1. The molecule has 4 heteroatoms. The Labute approximate surface area is 78.0 Å². The highest BCUT2D eigenvalue weighted by atomic mass is 16.5. The minimum atomic E-state index is -1.27. The molecule has 0 aliphatic rings. The fraction of sp³-hybridized carbons (Fsp3) is 0.444. The number of rotatable bonds is 7. The zero-order valence-electron chi connectivity index (χ0n) is 8.25. The van der Waals surface area contributed by atoms with E-state index in [1.165, 1.54) is 0 Å². The lowest BCUT2D eigenvalue weighted by Crippen LogP contribution is -2.13. The normalized spacial score (nSPS) is 10.0. The second-order valence-electron chi connectivity index (χ2n) is 2.45. The lowest BCUT2D eigenvalue weighted by molar-refractivity contribution is -0.138. The van der Waals surface area contributed by atoms with Crippen molar-refractivity contribution in [1.82, 2.24) is 0 Å². The fourth-order valence-electron chi connectivity index (χ4n) is 0.732. The van der Waals surface area contributed by atoms with E-state index in [9.17, 15) is 14.4 Å². The summed E-state index contributed by atoms with van der Waals surface area (Å²) in [4.78, 5) is 31.9. The van der Waals surface area contributed by atoms with E-state index in [0.29, 0.717) is 6.42 Å². The first-order valence-electron chi connectivity index (χ1n) is 4.34. The zero-order valence-corrected chi connectivity index (χ0v) is 7.25. The highest BCUT2D eigenvalue weighted by Gasteiger charge is 2.08. The van der Waals surface area contributed by atoms with Crippen LogP contribution in [0.15, 0.2) is 12.7 Å². The van der Waals surface area contributed by atoms with E-state index in [1.54, 1.807) is 6.08 Å². The van der Waals surface area contributed by atoms with Gasteiger partial charge in [0.15, 0.2) is 7.15 Å². The van der Waals surface area contributed by atoms with E-state index in [1.807, 2.05) is 0 Å². The monoisotopic (exact) mass is 185 g/mol. The maximum absolute atomic E-state index is 11.0. The van der Waals surface area contributed by atoms with Crippen LogP contribution >= 0.6 is 0 Å². The van der Waals surface area contributed by atoms with Gasteiger partial charge in [0.05, 0.1) is 6.42 Å². The van der Waals surface area contributed by atoms with E-state index in [2.05, 4.69) is 11.3 Å². The summed E-state index contributed by atoms with van der Waals surface area (Å²) in [5, 5.41) is 0. The molecule has 0 aromatic carbocycles. The van der Waals surface area contributed by atoms with Gasteiger partial charge in [0.25, 0.3) is 6.45 Å². The first-order chi connectivity index (χ1) is 6.56. The predicted octanol–water partition coefficient (Wildman–Crippen LogP) is 0.654. The van der Waals surface area contributed by atoms with Crippen molar-refractivity contribution in [3.05, 3.63) is 12.7 Å². The zero-order chi connectivity index (χ0) is 11.0. The number of Topliss-reactive ketones (excluding diaryl/α,β-unsaturated/α-hetero) is 2. The summed E-state index contributed by atoms with van der Waals surface area (Å²) in [7, 11) is 0. The molecule has 0 aliphatic heterocycles. The molecule has 72 valence electrons. The van der Waals surface area contributed by atoms with Crippen LogP contribution in [0.3, 0.4) is 0 Å². The van der Waals surface area contributed by atoms with Gasteiger partial charge >= 0.3 is 0 Å². The Morgan fingerprint density at radius 1 is 1.46 bits per heavy atom. The van der Waals surface area contributed by atoms with Gasteiger partial charge in [-0.1, -0.05) is 6.08 Å². The van der Waals surface area contributed by atoms with Crippen LogP contribution < -0.4 is 0 Å². The second kappa shape index (κ2) is 7.21. The van der Waals surface area contributed by atoms with E-state index in [-0.39, 0.29) is 18.6 Å². The molecule has 0 aromatic rings. The van der Waals surface area contributed by atoms with Crippen molar-refractivity contribution >= 4 is 18.0 Å². The second-order valence-corrected chi connectivity index (χ2v) is 2.45. The molecule has 0 rings (SSSR count). The topological polar surface area (TPSA) is 60.4 Å². The van der Waals surface area contributed by atoms with Crippen LogP contribution in [0.5, 0.6) is 0 Å². The minimum absolute atomic E-state index is 0.212. The fourth-order valence-corrected chi connectivity index (χ4v) is 0.732. The van der Waals surface area contributed by atoms with Gasteiger partial charge in [-0.3, -0.25) is 14.4 Å². The third-order valence-corrected chi connectivity index (χ3v) is 1.31. The molecule has 0 N–H and O–H groups in total. The van der Waals surface area contributed by atoms with Gasteiger partial charge < -0.3 is 4.74 Å². The molecule has 0 bridgehead atoms. The highest BCUT2D eigenvalue weighted by molar-refractivity contribution is 5.99. The van der Waals surface area contributed by atoms with Crippen LogP contribution in [-0.4, -0.2) is 24.6 Å². The quantitative estimate of drug-likeness (QED) is 0.332. The van der Waals surface area contributed by atoms with Crippen LogP contribution in [0, 0.1) is 0 Å². The minimum Gasteiger partial charge on any atom is -0.460 e. The van der Waals surface area contributed by atoms with Crippen LogP contribution in [0.2, 0.25) is 0 Å². The summed E-state index contributed by atoms with van der Waals surface area (Å²) in [5.74, 6) is -0.699. The summed E-state index contributed by atoms with van der Waals surface area (Å²) in [6, 6.07) is 0. The maximum atomic E-state index is 11.0. The summed E-state index contributed by atoms with van der Waals surface area (Å²) < 4.78 is 10.5. The number of ketones is 2. The van der Waals surface area contributed by atoms with E-state index >= 15 is 0 Å². The van der Waals surface area contributed by atoms with E-state index in [4.69, 9.17) is 1.37 Å². The Hall–Kier alpha value is -1.45. The van der Waals surface area contributed by atoms with Gasteiger partial charge in [-0.15, -0.1) is 6.58 Å². The number of hydrogen-bond donors (Lipinski definition) is 0. The van der Waals surface area contributed by atoms with Crippen molar-refractivity contribution in [2.45, 2.75) is 19.3 Å².